The fraction of sp³-hybridized carbons (Fsp3) is 0.429. The van der Waals surface area contributed by atoms with Crippen LogP contribution >= 0.6 is 0 Å². The zero-order chi connectivity index (χ0) is 27.1. The Morgan fingerprint density at radius 1 is 0.875 bits per heavy atom. The van der Waals surface area contributed by atoms with Crippen LogP contribution in [-0.2, 0) is 0 Å². The average Bonchev–Trinajstić information content (AvgIpc) is 3.69. The standard InChI is InChI=1S/C28H31FN10O/c1-40-23-12-7-19-17-24(27-30-32-35-39(27)25(19)18-23)26(28-31-33-34-38(28)22-5-3-2-4-6-22)37-15-13-36(14-16-37)21-10-8-20(29)9-11-21/h7-12,17-18,22,26H,2-6,13-16H2,1H3/t26-/m1/s1. The highest BCUT2D eigenvalue weighted by molar-refractivity contribution is 5.84. The smallest absolute Gasteiger partial charge is 0.185 e. The van der Waals surface area contributed by atoms with Crippen LogP contribution in [-0.4, -0.2) is 78.4 Å². The van der Waals surface area contributed by atoms with E-state index in [0.29, 0.717) is 5.65 Å². The van der Waals surface area contributed by atoms with E-state index in [0.717, 1.165) is 72.7 Å². The SMILES string of the molecule is COc1ccc2cc([C@H](c3nnnn3C3CCCCC3)N3CCN(c4ccc(F)cc4)CC3)c3nnnn3c2c1. The van der Waals surface area contributed by atoms with Gasteiger partial charge in [-0.05, 0) is 76.2 Å². The number of hydrogen-bond donors (Lipinski definition) is 0. The highest BCUT2D eigenvalue weighted by atomic mass is 19.1. The normalized spacial score (nSPS) is 18.0. The van der Waals surface area contributed by atoms with Crippen LogP contribution < -0.4 is 9.64 Å². The molecule has 1 aliphatic heterocycles. The third kappa shape index (κ3) is 4.41. The summed E-state index contributed by atoms with van der Waals surface area (Å²) in [6.07, 6.45) is 5.76. The number of ether oxygens (including phenoxy) is 1. The zero-order valence-electron chi connectivity index (χ0n) is 22.4. The maximum absolute atomic E-state index is 13.5. The third-order valence-corrected chi connectivity index (χ3v) is 8.35. The van der Waals surface area contributed by atoms with Gasteiger partial charge in [-0.3, -0.25) is 4.90 Å². The summed E-state index contributed by atoms with van der Waals surface area (Å²) in [4.78, 5) is 4.71. The number of aromatic nitrogens is 8. The monoisotopic (exact) mass is 542 g/mol. The molecule has 3 aromatic heterocycles. The molecule has 1 saturated carbocycles. The molecule has 11 nitrogen and oxygen atoms in total. The number of pyridine rings is 1. The van der Waals surface area contributed by atoms with Crippen molar-refractivity contribution in [2.75, 3.05) is 38.2 Å². The zero-order valence-corrected chi connectivity index (χ0v) is 22.4. The summed E-state index contributed by atoms with van der Waals surface area (Å²) in [7, 11) is 1.65. The Morgan fingerprint density at radius 3 is 2.42 bits per heavy atom. The van der Waals surface area contributed by atoms with Crippen LogP contribution in [0.2, 0.25) is 0 Å². The van der Waals surface area contributed by atoms with Crippen molar-refractivity contribution in [2.45, 2.75) is 44.2 Å². The number of fused-ring (bicyclic) bond motifs is 3. The van der Waals surface area contributed by atoms with E-state index in [9.17, 15) is 4.39 Å². The van der Waals surface area contributed by atoms with E-state index in [4.69, 9.17) is 4.74 Å². The van der Waals surface area contributed by atoms with Crippen molar-refractivity contribution < 1.29 is 9.13 Å². The molecule has 2 aromatic carbocycles. The number of benzene rings is 2. The molecule has 0 N–H and O–H groups in total. The van der Waals surface area contributed by atoms with Crippen LogP contribution in [0, 0.1) is 5.82 Å². The fourth-order valence-electron chi connectivity index (χ4n) is 6.27. The Kier molecular flexibility index (Phi) is 6.46. The lowest BCUT2D eigenvalue weighted by Crippen LogP contribution is -2.48. The number of hydrogen-bond acceptors (Lipinski definition) is 9. The summed E-state index contributed by atoms with van der Waals surface area (Å²) in [6.45, 7) is 3.13. The van der Waals surface area contributed by atoms with E-state index in [1.165, 1.54) is 31.4 Å². The lowest BCUT2D eigenvalue weighted by atomic mass is 9.95. The molecule has 0 spiro atoms. The summed E-state index contributed by atoms with van der Waals surface area (Å²) in [5, 5.41) is 27.2. The molecular weight excluding hydrogens is 511 g/mol. The van der Waals surface area contributed by atoms with Gasteiger partial charge in [0.2, 0.25) is 0 Å². The Labute approximate surface area is 230 Å². The maximum Gasteiger partial charge on any atom is 0.185 e. The van der Waals surface area contributed by atoms with Crippen LogP contribution in [0.1, 0.15) is 55.6 Å². The molecule has 2 aliphatic rings. The quantitative estimate of drug-likeness (QED) is 0.317. The minimum atomic E-state index is -0.243. The summed E-state index contributed by atoms with van der Waals surface area (Å²) in [6, 6.07) is 14.8. The number of piperazine rings is 1. The van der Waals surface area contributed by atoms with Gasteiger partial charge in [0, 0.05) is 48.9 Å². The van der Waals surface area contributed by atoms with Crippen molar-refractivity contribution in [1.82, 2.24) is 45.1 Å². The molecule has 0 bridgehead atoms. The second-order valence-electron chi connectivity index (χ2n) is 10.6. The molecule has 12 heteroatoms. The topological polar surface area (TPSA) is 102 Å². The molecule has 2 fully saturated rings. The summed E-state index contributed by atoms with van der Waals surface area (Å²) in [5.41, 5.74) is 3.53. The number of rotatable bonds is 6. The van der Waals surface area contributed by atoms with Gasteiger partial charge in [0.1, 0.15) is 17.6 Å². The second kappa shape index (κ2) is 10.4. The van der Waals surface area contributed by atoms with Gasteiger partial charge in [0.25, 0.3) is 0 Å². The van der Waals surface area contributed by atoms with Crippen molar-refractivity contribution >= 4 is 22.2 Å². The van der Waals surface area contributed by atoms with Crippen LogP contribution in [0.5, 0.6) is 5.75 Å². The molecule has 4 heterocycles. The van der Waals surface area contributed by atoms with Crippen LogP contribution in [0.3, 0.4) is 0 Å². The molecule has 1 saturated heterocycles. The minimum absolute atomic E-state index is 0.225. The average molecular weight is 543 g/mol. The highest BCUT2D eigenvalue weighted by Crippen LogP contribution is 2.37. The Morgan fingerprint density at radius 2 is 1.65 bits per heavy atom. The number of halogens is 1. The Bertz CT molecular complexity index is 1620. The van der Waals surface area contributed by atoms with Crippen LogP contribution in [0.25, 0.3) is 16.6 Å². The predicted octanol–water partition coefficient (Wildman–Crippen LogP) is 3.83. The number of nitrogens with zero attached hydrogens (tertiary/aromatic N) is 10. The predicted molar refractivity (Wildman–Crippen MR) is 147 cm³/mol. The molecule has 40 heavy (non-hydrogen) atoms. The van der Waals surface area contributed by atoms with Gasteiger partial charge in [0.15, 0.2) is 11.5 Å². The molecule has 0 radical (unpaired) electrons. The van der Waals surface area contributed by atoms with Gasteiger partial charge in [-0.15, -0.1) is 10.2 Å². The summed E-state index contributed by atoms with van der Waals surface area (Å²) < 4.78 is 22.8. The van der Waals surface area contributed by atoms with Gasteiger partial charge in [-0.1, -0.05) is 19.3 Å². The van der Waals surface area contributed by atoms with E-state index in [1.807, 2.05) is 30.3 Å². The largest absolute Gasteiger partial charge is 0.497 e. The molecule has 5 aromatic rings. The lowest BCUT2D eigenvalue weighted by molar-refractivity contribution is 0.194. The first-order valence-electron chi connectivity index (χ1n) is 13.9. The van der Waals surface area contributed by atoms with E-state index in [1.54, 1.807) is 11.6 Å². The van der Waals surface area contributed by atoms with Crippen molar-refractivity contribution in [3.63, 3.8) is 0 Å². The van der Waals surface area contributed by atoms with E-state index in [-0.39, 0.29) is 17.9 Å². The van der Waals surface area contributed by atoms with Gasteiger partial charge < -0.3 is 9.64 Å². The Balaban J connectivity index is 1.32. The molecule has 206 valence electrons. The van der Waals surface area contributed by atoms with Gasteiger partial charge in [-0.25, -0.2) is 9.07 Å². The van der Waals surface area contributed by atoms with Gasteiger partial charge in [0.05, 0.1) is 18.7 Å². The lowest BCUT2D eigenvalue weighted by Gasteiger charge is -2.40. The number of tetrazole rings is 2. The van der Waals surface area contributed by atoms with Crippen molar-refractivity contribution in [3.05, 3.63) is 65.7 Å². The Hall–Kier alpha value is -4.19. The molecule has 0 unspecified atom stereocenters. The van der Waals surface area contributed by atoms with Gasteiger partial charge in [-0.2, -0.15) is 4.52 Å². The van der Waals surface area contributed by atoms with Crippen molar-refractivity contribution in [1.29, 1.82) is 0 Å². The molecule has 1 aliphatic carbocycles. The molecular formula is C28H31FN10O. The first kappa shape index (κ1) is 24.8. The fourth-order valence-corrected chi connectivity index (χ4v) is 6.27. The molecule has 0 amide bonds. The van der Waals surface area contributed by atoms with Crippen LogP contribution in [0.4, 0.5) is 10.1 Å². The number of anilines is 1. The van der Waals surface area contributed by atoms with E-state index in [2.05, 4.69) is 51.6 Å². The van der Waals surface area contributed by atoms with Crippen molar-refractivity contribution in [2.24, 2.45) is 0 Å². The summed E-state index contributed by atoms with van der Waals surface area (Å²) >= 11 is 0. The minimum Gasteiger partial charge on any atom is -0.497 e. The number of methoxy groups -OCH3 is 1. The molecule has 7 rings (SSSR count). The van der Waals surface area contributed by atoms with Gasteiger partial charge >= 0.3 is 0 Å². The first-order valence-corrected chi connectivity index (χ1v) is 13.9. The first-order chi connectivity index (χ1) is 19.7. The summed E-state index contributed by atoms with van der Waals surface area (Å²) in [5.74, 6) is 1.34. The molecule has 1 atom stereocenters. The maximum atomic E-state index is 13.5. The van der Waals surface area contributed by atoms with E-state index >= 15 is 0 Å². The van der Waals surface area contributed by atoms with Crippen LogP contribution in [0.15, 0.2) is 48.5 Å². The second-order valence-corrected chi connectivity index (χ2v) is 10.6. The van der Waals surface area contributed by atoms with E-state index < -0.39 is 0 Å². The third-order valence-electron chi connectivity index (χ3n) is 8.35. The highest BCUT2D eigenvalue weighted by Gasteiger charge is 2.35. The van der Waals surface area contributed by atoms with Crippen molar-refractivity contribution in [3.8, 4) is 5.75 Å².